The highest BCUT2D eigenvalue weighted by Crippen LogP contribution is 2.35. The van der Waals surface area contributed by atoms with Crippen molar-refractivity contribution < 1.29 is 17.9 Å². The third-order valence-electron chi connectivity index (χ3n) is 4.61. The summed E-state index contributed by atoms with van der Waals surface area (Å²) in [5.74, 6) is 0.315. The molecule has 0 aliphatic carbocycles. The number of hydrogen-bond acceptors (Lipinski definition) is 5. The molecule has 1 aliphatic heterocycles. The number of aromatic nitrogens is 4. The first-order chi connectivity index (χ1) is 13.1. The molecular formula is C18H18F3N5O2. The molecule has 148 valence electrons. The number of benzene rings is 1. The minimum Gasteiger partial charge on any atom is -0.364 e. The lowest BCUT2D eigenvalue weighted by Gasteiger charge is -2.43. The fourth-order valence-corrected chi connectivity index (χ4v) is 3.42. The average molecular weight is 393 g/mol. The maximum Gasteiger partial charge on any atom is 0.416 e. The van der Waals surface area contributed by atoms with E-state index in [9.17, 15) is 18.0 Å². The van der Waals surface area contributed by atoms with Gasteiger partial charge in [0.2, 0.25) is 5.95 Å². The van der Waals surface area contributed by atoms with Gasteiger partial charge in [0.15, 0.2) is 5.65 Å². The number of fused-ring (bicyclic) bond motifs is 1. The standard InChI is InChI=1S/C18H18F3N5O2/c1-17(2)9-26(16-23-14-12(7-22-25-14)15(27)24-16)8-13(28-17)10-4-3-5-11(6-10)18(19,20)21/h3-7,13H,8-9H2,1-2H3,(H2,22,23,24,25,27)/t13-/m1/s1. The van der Waals surface area contributed by atoms with E-state index in [0.717, 1.165) is 12.1 Å². The van der Waals surface area contributed by atoms with Gasteiger partial charge in [0, 0.05) is 6.54 Å². The molecule has 0 bridgehead atoms. The van der Waals surface area contributed by atoms with Crippen molar-refractivity contribution in [3.63, 3.8) is 0 Å². The van der Waals surface area contributed by atoms with Crippen LogP contribution in [0.2, 0.25) is 0 Å². The van der Waals surface area contributed by atoms with Gasteiger partial charge in [-0.3, -0.25) is 14.9 Å². The van der Waals surface area contributed by atoms with Crippen molar-refractivity contribution in [2.24, 2.45) is 0 Å². The molecule has 3 heterocycles. The van der Waals surface area contributed by atoms with Crippen molar-refractivity contribution in [2.45, 2.75) is 31.7 Å². The SMILES string of the molecule is CC1(C)CN(c2nc3[nH]ncc3c(=O)[nH]2)C[C@H](c2cccc(C(F)(F)F)c2)O1. The van der Waals surface area contributed by atoms with Gasteiger partial charge in [-0.15, -0.1) is 0 Å². The first kappa shape index (κ1) is 18.5. The van der Waals surface area contributed by atoms with Crippen molar-refractivity contribution in [1.29, 1.82) is 0 Å². The predicted molar refractivity (Wildman–Crippen MR) is 96.1 cm³/mol. The van der Waals surface area contributed by atoms with Crippen molar-refractivity contribution in [2.75, 3.05) is 18.0 Å². The molecule has 1 atom stereocenters. The number of H-pyrrole nitrogens is 2. The zero-order valence-corrected chi connectivity index (χ0v) is 15.2. The summed E-state index contributed by atoms with van der Waals surface area (Å²) in [6, 6.07) is 5.09. The van der Waals surface area contributed by atoms with Crippen LogP contribution in [-0.2, 0) is 10.9 Å². The number of nitrogens with zero attached hydrogens (tertiary/aromatic N) is 3. The van der Waals surface area contributed by atoms with Gasteiger partial charge in [0.05, 0.1) is 23.9 Å². The molecule has 1 aliphatic rings. The maximum atomic E-state index is 13.1. The quantitative estimate of drug-likeness (QED) is 0.699. The molecule has 10 heteroatoms. The second-order valence-electron chi connectivity index (χ2n) is 7.39. The van der Waals surface area contributed by atoms with E-state index in [2.05, 4.69) is 20.2 Å². The molecule has 1 aromatic carbocycles. The number of ether oxygens (including phenoxy) is 1. The highest BCUT2D eigenvalue weighted by molar-refractivity contribution is 5.73. The molecule has 0 spiro atoms. The number of aromatic amines is 2. The van der Waals surface area contributed by atoms with Gasteiger partial charge in [0.1, 0.15) is 11.5 Å². The van der Waals surface area contributed by atoms with Gasteiger partial charge >= 0.3 is 6.18 Å². The van der Waals surface area contributed by atoms with Crippen LogP contribution in [0.1, 0.15) is 31.1 Å². The van der Waals surface area contributed by atoms with E-state index in [4.69, 9.17) is 4.74 Å². The summed E-state index contributed by atoms with van der Waals surface area (Å²) >= 11 is 0. The Morgan fingerprint density at radius 2 is 2.11 bits per heavy atom. The van der Waals surface area contributed by atoms with Crippen LogP contribution in [0, 0.1) is 0 Å². The van der Waals surface area contributed by atoms with Gasteiger partial charge in [-0.2, -0.15) is 23.3 Å². The predicted octanol–water partition coefficient (Wildman–Crippen LogP) is 3.02. The zero-order valence-electron chi connectivity index (χ0n) is 15.2. The highest BCUT2D eigenvalue weighted by Gasteiger charge is 2.37. The van der Waals surface area contributed by atoms with Crippen molar-refractivity contribution in [3.05, 3.63) is 51.9 Å². The lowest BCUT2D eigenvalue weighted by molar-refractivity contribution is -0.137. The molecule has 0 amide bonds. The van der Waals surface area contributed by atoms with Crippen LogP contribution in [0.4, 0.5) is 19.1 Å². The zero-order chi connectivity index (χ0) is 20.1. The minimum atomic E-state index is -4.43. The van der Waals surface area contributed by atoms with Gasteiger partial charge in [-0.25, -0.2) is 0 Å². The topological polar surface area (TPSA) is 86.9 Å². The second kappa shape index (κ2) is 6.33. The van der Waals surface area contributed by atoms with Crippen LogP contribution in [0.25, 0.3) is 11.0 Å². The molecule has 4 rings (SSSR count). The molecule has 1 fully saturated rings. The molecule has 2 N–H and O–H groups in total. The van der Waals surface area contributed by atoms with E-state index >= 15 is 0 Å². The highest BCUT2D eigenvalue weighted by atomic mass is 19.4. The van der Waals surface area contributed by atoms with E-state index < -0.39 is 23.4 Å². The number of halogens is 3. The Bertz CT molecular complexity index is 1070. The van der Waals surface area contributed by atoms with Crippen molar-refractivity contribution >= 4 is 17.0 Å². The second-order valence-corrected chi connectivity index (χ2v) is 7.39. The normalized spacial score (nSPS) is 19.9. The minimum absolute atomic E-state index is 0.243. The molecule has 3 aromatic rings. The largest absolute Gasteiger partial charge is 0.416 e. The van der Waals surface area contributed by atoms with Crippen molar-refractivity contribution in [1.82, 2.24) is 20.2 Å². The number of rotatable bonds is 2. The molecule has 0 unspecified atom stereocenters. The molecule has 28 heavy (non-hydrogen) atoms. The van der Waals surface area contributed by atoms with E-state index in [1.807, 2.05) is 13.8 Å². The van der Waals surface area contributed by atoms with Gasteiger partial charge in [0.25, 0.3) is 5.56 Å². The summed E-state index contributed by atoms with van der Waals surface area (Å²) in [5, 5.41) is 6.82. The van der Waals surface area contributed by atoms with E-state index in [1.165, 1.54) is 12.3 Å². The van der Waals surface area contributed by atoms with Crippen LogP contribution in [0.3, 0.4) is 0 Å². The molecule has 1 saturated heterocycles. The number of anilines is 1. The smallest absolute Gasteiger partial charge is 0.364 e. The lowest BCUT2D eigenvalue weighted by Crippen LogP contribution is -2.50. The fraction of sp³-hybridized carbons (Fsp3) is 0.389. The molecule has 0 saturated carbocycles. The number of hydrogen-bond donors (Lipinski definition) is 2. The number of nitrogens with one attached hydrogen (secondary N) is 2. The molecule has 0 radical (unpaired) electrons. The Kier molecular flexibility index (Phi) is 4.18. The van der Waals surface area contributed by atoms with Gasteiger partial charge in [-0.05, 0) is 31.5 Å². The third-order valence-corrected chi connectivity index (χ3v) is 4.61. The monoisotopic (exact) mass is 393 g/mol. The third kappa shape index (κ3) is 3.47. The maximum absolute atomic E-state index is 13.1. The summed E-state index contributed by atoms with van der Waals surface area (Å²) in [6.45, 7) is 4.33. The first-order valence-electron chi connectivity index (χ1n) is 8.66. The van der Waals surface area contributed by atoms with Crippen LogP contribution in [0.15, 0.2) is 35.3 Å². The Balaban J connectivity index is 1.70. The summed E-state index contributed by atoms with van der Waals surface area (Å²) in [6.07, 6.45) is -3.66. The van der Waals surface area contributed by atoms with Gasteiger partial charge in [-0.1, -0.05) is 12.1 Å². The molecular weight excluding hydrogens is 375 g/mol. The summed E-state index contributed by atoms with van der Waals surface area (Å²) in [7, 11) is 0. The first-order valence-corrected chi connectivity index (χ1v) is 8.66. The van der Waals surface area contributed by atoms with Crippen LogP contribution in [0.5, 0.6) is 0 Å². The molecule has 7 nitrogen and oxygen atoms in total. The summed E-state index contributed by atoms with van der Waals surface area (Å²) < 4.78 is 45.3. The van der Waals surface area contributed by atoms with E-state index in [1.54, 1.807) is 11.0 Å². The van der Waals surface area contributed by atoms with Crippen LogP contribution >= 0.6 is 0 Å². The van der Waals surface area contributed by atoms with E-state index in [0.29, 0.717) is 29.1 Å². The Labute approximate surface area is 157 Å². The van der Waals surface area contributed by atoms with Crippen LogP contribution in [-0.4, -0.2) is 38.9 Å². The van der Waals surface area contributed by atoms with Crippen molar-refractivity contribution in [3.8, 4) is 0 Å². The van der Waals surface area contributed by atoms with E-state index in [-0.39, 0.29) is 12.1 Å². The number of alkyl halides is 3. The number of morpholine rings is 1. The summed E-state index contributed by atoms with van der Waals surface area (Å²) in [4.78, 5) is 21.1. The fourth-order valence-electron chi connectivity index (χ4n) is 3.42. The lowest BCUT2D eigenvalue weighted by atomic mass is 10.00. The van der Waals surface area contributed by atoms with Crippen LogP contribution < -0.4 is 10.5 Å². The Hall–Kier alpha value is -2.88. The average Bonchev–Trinajstić information content (AvgIpc) is 3.09. The summed E-state index contributed by atoms with van der Waals surface area (Å²) in [5.41, 5.74) is -0.975. The molecule has 2 aromatic heterocycles. The Morgan fingerprint density at radius 3 is 2.86 bits per heavy atom. The van der Waals surface area contributed by atoms with Gasteiger partial charge < -0.3 is 9.64 Å². The Morgan fingerprint density at radius 1 is 1.32 bits per heavy atom.